The molecule has 1 unspecified atom stereocenters. The number of carbonyl (C=O) groups excluding carboxylic acids is 2. The molecule has 1 saturated heterocycles. The third-order valence-corrected chi connectivity index (χ3v) is 2.65. The lowest BCUT2D eigenvalue weighted by Gasteiger charge is -2.29. The third-order valence-electron chi connectivity index (χ3n) is 2.65. The number of hydrogen-bond acceptors (Lipinski definition) is 3. The molecule has 1 heterocycles. The van der Waals surface area contributed by atoms with Gasteiger partial charge in [0.25, 0.3) is 0 Å². The molecule has 0 aromatic carbocycles. The zero-order valence-electron chi connectivity index (χ0n) is 9.45. The van der Waals surface area contributed by atoms with Crippen molar-refractivity contribution in [2.24, 2.45) is 11.1 Å². The Labute approximate surface area is 96.6 Å². The second-order valence-corrected chi connectivity index (χ2v) is 4.87. The lowest BCUT2D eigenvalue weighted by atomic mass is 9.87. The summed E-state index contributed by atoms with van der Waals surface area (Å²) in [6.07, 6.45) is 0.686. The predicted molar refractivity (Wildman–Crippen MR) is 60.6 cm³/mol. The Bertz CT molecular complexity index is 245. The molecule has 0 aromatic rings. The van der Waals surface area contributed by atoms with E-state index >= 15 is 0 Å². The smallest absolute Gasteiger partial charge is 0.229 e. The van der Waals surface area contributed by atoms with Crippen molar-refractivity contribution >= 4 is 24.2 Å². The quantitative estimate of drug-likeness (QED) is 0.723. The molecule has 0 bridgehead atoms. The first-order chi connectivity index (χ1) is 6.32. The number of nitrogens with zero attached hydrogens (tertiary/aromatic N) is 1. The van der Waals surface area contributed by atoms with Crippen LogP contribution in [0.15, 0.2) is 0 Å². The summed E-state index contributed by atoms with van der Waals surface area (Å²) in [5.41, 5.74) is 5.83. The summed E-state index contributed by atoms with van der Waals surface area (Å²) in [7, 11) is 0. The minimum absolute atomic E-state index is 0. The molecule has 0 aliphatic carbocycles. The van der Waals surface area contributed by atoms with Crippen LogP contribution in [0.3, 0.4) is 0 Å². The van der Waals surface area contributed by atoms with Crippen LogP contribution in [0, 0.1) is 5.41 Å². The average molecular weight is 235 g/mol. The fraction of sp³-hybridized carbons (Fsp3) is 0.800. The minimum atomic E-state index is -0.159. The molecule has 2 amide bonds. The Morgan fingerprint density at radius 2 is 1.67 bits per heavy atom. The van der Waals surface area contributed by atoms with E-state index in [1.54, 1.807) is 0 Å². The SMILES string of the molecule is CC(C)(C)C(N)CN1C(=O)CCC1=O.Cl. The highest BCUT2D eigenvalue weighted by Gasteiger charge is 2.32. The molecule has 4 nitrogen and oxygen atoms in total. The molecule has 1 rings (SSSR count). The van der Waals surface area contributed by atoms with Gasteiger partial charge in [-0.05, 0) is 5.41 Å². The normalized spacial score (nSPS) is 19.1. The largest absolute Gasteiger partial charge is 0.326 e. The molecule has 2 N–H and O–H groups in total. The van der Waals surface area contributed by atoms with Crippen LogP contribution in [0.1, 0.15) is 33.6 Å². The van der Waals surface area contributed by atoms with Gasteiger partial charge in [-0.15, -0.1) is 12.4 Å². The van der Waals surface area contributed by atoms with Crippen LogP contribution in [-0.4, -0.2) is 29.3 Å². The standard InChI is InChI=1S/C10H18N2O2.ClH/c1-10(2,3)7(11)6-12-8(13)4-5-9(12)14;/h7H,4-6,11H2,1-3H3;1H. The van der Waals surface area contributed by atoms with Gasteiger partial charge in [0.2, 0.25) is 11.8 Å². The summed E-state index contributed by atoms with van der Waals surface area (Å²) >= 11 is 0. The average Bonchev–Trinajstić information content (AvgIpc) is 2.34. The number of hydrogen-bond donors (Lipinski definition) is 1. The summed E-state index contributed by atoms with van der Waals surface area (Å²) in [6, 6.07) is -0.159. The van der Waals surface area contributed by atoms with Gasteiger partial charge in [-0.25, -0.2) is 0 Å². The van der Waals surface area contributed by atoms with Crippen molar-refractivity contribution in [3.05, 3.63) is 0 Å². The number of halogens is 1. The van der Waals surface area contributed by atoms with Crippen LogP contribution in [0.5, 0.6) is 0 Å². The van der Waals surface area contributed by atoms with E-state index in [2.05, 4.69) is 0 Å². The number of imide groups is 1. The summed E-state index contributed by atoms with van der Waals surface area (Å²) in [4.78, 5) is 23.9. The van der Waals surface area contributed by atoms with Crippen LogP contribution in [0.25, 0.3) is 0 Å². The van der Waals surface area contributed by atoms with E-state index in [-0.39, 0.29) is 35.7 Å². The van der Waals surface area contributed by atoms with Gasteiger partial charge in [-0.1, -0.05) is 20.8 Å². The molecule has 1 atom stereocenters. The molecular weight excluding hydrogens is 216 g/mol. The first kappa shape index (κ1) is 14.4. The Morgan fingerprint density at radius 3 is 2.00 bits per heavy atom. The van der Waals surface area contributed by atoms with Gasteiger partial charge in [-0.2, -0.15) is 0 Å². The first-order valence-corrected chi connectivity index (χ1v) is 4.91. The Hall–Kier alpha value is -0.610. The second-order valence-electron chi connectivity index (χ2n) is 4.87. The van der Waals surface area contributed by atoms with Crippen LogP contribution in [0.2, 0.25) is 0 Å². The highest BCUT2D eigenvalue weighted by molar-refractivity contribution is 6.01. The molecule has 88 valence electrons. The summed E-state index contributed by atoms with van der Waals surface area (Å²) < 4.78 is 0. The molecule has 0 aromatic heterocycles. The molecule has 15 heavy (non-hydrogen) atoms. The van der Waals surface area contributed by atoms with Crippen molar-refractivity contribution in [1.82, 2.24) is 4.90 Å². The molecule has 0 spiro atoms. The van der Waals surface area contributed by atoms with Crippen molar-refractivity contribution in [3.8, 4) is 0 Å². The van der Waals surface area contributed by atoms with Gasteiger partial charge < -0.3 is 5.73 Å². The van der Waals surface area contributed by atoms with Gasteiger partial charge in [0.1, 0.15) is 0 Å². The fourth-order valence-corrected chi connectivity index (χ4v) is 1.30. The van der Waals surface area contributed by atoms with Crippen LogP contribution in [0.4, 0.5) is 0 Å². The van der Waals surface area contributed by atoms with E-state index in [4.69, 9.17) is 5.73 Å². The first-order valence-electron chi connectivity index (χ1n) is 4.91. The van der Waals surface area contributed by atoms with Gasteiger partial charge in [0, 0.05) is 25.4 Å². The Balaban J connectivity index is 0.00000196. The number of amides is 2. The van der Waals surface area contributed by atoms with E-state index in [1.165, 1.54) is 4.90 Å². The monoisotopic (exact) mass is 234 g/mol. The molecule has 1 aliphatic rings. The van der Waals surface area contributed by atoms with E-state index in [0.717, 1.165) is 0 Å². The van der Waals surface area contributed by atoms with Gasteiger partial charge in [0.15, 0.2) is 0 Å². The summed E-state index contributed by atoms with van der Waals surface area (Å²) in [5, 5.41) is 0. The van der Waals surface area contributed by atoms with Gasteiger partial charge in [0.05, 0.1) is 0 Å². The highest BCUT2D eigenvalue weighted by Crippen LogP contribution is 2.20. The lowest BCUT2D eigenvalue weighted by Crippen LogP contribution is -2.47. The molecule has 0 radical (unpaired) electrons. The van der Waals surface area contributed by atoms with E-state index in [9.17, 15) is 9.59 Å². The Kier molecular flexibility index (Phi) is 4.74. The summed E-state index contributed by atoms with van der Waals surface area (Å²) in [5.74, 6) is -0.176. The molecule has 1 aliphatic heterocycles. The second kappa shape index (κ2) is 4.94. The van der Waals surface area contributed by atoms with E-state index in [1.807, 2.05) is 20.8 Å². The van der Waals surface area contributed by atoms with Gasteiger partial charge in [-0.3, -0.25) is 14.5 Å². The minimum Gasteiger partial charge on any atom is -0.326 e. The highest BCUT2D eigenvalue weighted by atomic mass is 35.5. The zero-order chi connectivity index (χ0) is 10.9. The maximum atomic E-state index is 11.3. The van der Waals surface area contributed by atoms with Gasteiger partial charge >= 0.3 is 0 Å². The maximum Gasteiger partial charge on any atom is 0.229 e. The van der Waals surface area contributed by atoms with E-state index < -0.39 is 0 Å². The fourth-order valence-electron chi connectivity index (χ4n) is 1.30. The zero-order valence-corrected chi connectivity index (χ0v) is 10.3. The van der Waals surface area contributed by atoms with Crippen LogP contribution < -0.4 is 5.73 Å². The maximum absolute atomic E-state index is 11.3. The molecule has 0 saturated carbocycles. The van der Waals surface area contributed by atoms with Crippen molar-refractivity contribution in [3.63, 3.8) is 0 Å². The number of rotatable bonds is 2. The molecule has 1 fully saturated rings. The number of carbonyl (C=O) groups is 2. The van der Waals surface area contributed by atoms with Crippen molar-refractivity contribution in [2.45, 2.75) is 39.7 Å². The Morgan fingerprint density at radius 1 is 1.27 bits per heavy atom. The van der Waals surface area contributed by atoms with Crippen LogP contribution >= 0.6 is 12.4 Å². The van der Waals surface area contributed by atoms with Crippen molar-refractivity contribution in [1.29, 1.82) is 0 Å². The lowest BCUT2D eigenvalue weighted by molar-refractivity contribution is -0.138. The van der Waals surface area contributed by atoms with Crippen molar-refractivity contribution < 1.29 is 9.59 Å². The number of likely N-dealkylation sites (tertiary alicyclic amines) is 1. The number of nitrogens with two attached hydrogens (primary N) is 1. The molecular formula is C10H19ClN2O2. The topological polar surface area (TPSA) is 63.4 Å². The van der Waals surface area contributed by atoms with Crippen molar-refractivity contribution in [2.75, 3.05) is 6.54 Å². The molecule has 5 heteroatoms. The third kappa shape index (κ3) is 3.47. The summed E-state index contributed by atoms with van der Waals surface area (Å²) in [6.45, 7) is 6.36. The van der Waals surface area contributed by atoms with E-state index in [0.29, 0.717) is 19.4 Å². The predicted octanol–water partition coefficient (Wildman–Crippen LogP) is 0.931. The van der Waals surface area contributed by atoms with Crippen LogP contribution in [-0.2, 0) is 9.59 Å².